The Hall–Kier alpha value is -0.570. The standard InChI is InChI=1S/C25H48O3/c1-2-3-4-5-6-7-8-9-10-11-12-13-14-15-16-17-18-19-20-23(25(26)27)21-24-22-28-24/h23-24H,2-22H2,1H3,(H,26,27). The molecule has 3 heteroatoms. The van der Waals surface area contributed by atoms with Gasteiger partial charge in [0, 0.05) is 0 Å². The van der Waals surface area contributed by atoms with Crippen molar-refractivity contribution in [3.63, 3.8) is 0 Å². The summed E-state index contributed by atoms with van der Waals surface area (Å²) in [5, 5.41) is 9.24. The van der Waals surface area contributed by atoms with Gasteiger partial charge in [0.15, 0.2) is 0 Å². The van der Waals surface area contributed by atoms with Crippen LogP contribution in [0.15, 0.2) is 0 Å². The average Bonchev–Trinajstić information content (AvgIpc) is 3.50. The van der Waals surface area contributed by atoms with Crippen LogP contribution in [0, 0.1) is 5.92 Å². The van der Waals surface area contributed by atoms with Crippen molar-refractivity contribution in [2.45, 2.75) is 141 Å². The van der Waals surface area contributed by atoms with E-state index in [1.807, 2.05) is 0 Å². The molecule has 2 unspecified atom stereocenters. The fraction of sp³-hybridized carbons (Fsp3) is 0.960. The van der Waals surface area contributed by atoms with E-state index >= 15 is 0 Å². The maximum Gasteiger partial charge on any atom is 0.306 e. The molecule has 1 fully saturated rings. The zero-order valence-corrected chi connectivity index (χ0v) is 18.8. The zero-order chi connectivity index (χ0) is 20.3. The molecule has 0 saturated carbocycles. The van der Waals surface area contributed by atoms with E-state index in [4.69, 9.17) is 4.74 Å². The van der Waals surface area contributed by atoms with Crippen LogP contribution in [0.25, 0.3) is 0 Å². The molecule has 0 aromatic rings. The lowest BCUT2D eigenvalue weighted by atomic mass is 9.96. The minimum Gasteiger partial charge on any atom is -0.481 e. The Morgan fingerprint density at radius 2 is 1.11 bits per heavy atom. The number of carbonyl (C=O) groups is 1. The predicted octanol–water partition coefficient (Wildman–Crippen LogP) is 7.91. The summed E-state index contributed by atoms with van der Waals surface area (Å²) in [5.41, 5.74) is 0. The molecule has 1 heterocycles. The molecule has 2 atom stereocenters. The summed E-state index contributed by atoms with van der Waals surface area (Å²) in [5.74, 6) is -0.823. The van der Waals surface area contributed by atoms with Crippen LogP contribution < -0.4 is 0 Å². The average molecular weight is 397 g/mol. The van der Waals surface area contributed by atoms with E-state index in [-0.39, 0.29) is 12.0 Å². The van der Waals surface area contributed by atoms with Gasteiger partial charge in [-0.25, -0.2) is 0 Å². The third-order valence-corrected chi connectivity index (χ3v) is 6.21. The summed E-state index contributed by atoms with van der Waals surface area (Å²) in [6.07, 6.45) is 26.5. The van der Waals surface area contributed by atoms with Crippen molar-refractivity contribution in [1.29, 1.82) is 0 Å². The highest BCUT2D eigenvalue weighted by atomic mass is 16.6. The van der Waals surface area contributed by atoms with Gasteiger partial charge in [-0.05, 0) is 12.8 Å². The first-order chi connectivity index (χ1) is 13.7. The van der Waals surface area contributed by atoms with Crippen LogP contribution in [0.2, 0.25) is 0 Å². The number of rotatable bonds is 22. The Bertz CT molecular complexity index is 352. The molecule has 0 aliphatic carbocycles. The van der Waals surface area contributed by atoms with E-state index in [2.05, 4.69) is 6.92 Å². The third kappa shape index (κ3) is 16.4. The molecule has 1 aliphatic rings. The second-order valence-corrected chi connectivity index (χ2v) is 9.03. The van der Waals surface area contributed by atoms with E-state index in [1.54, 1.807) is 0 Å². The van der Waals surface area contributed by atoms with Gasteiger partial charge in [-0.3, -0.25) is 4.79 Å². The summed E-state index contributed by atoms with van der Waals surface area (Å²) in [7, 11) is 0. The second kappa shape index (κ2) is 18.5. The monoisotopic (exact) mass is 396 g/mol. The van der Waals surface area contributed by atoms with E-state index in [1.165, 1.54) is 109 Å². The van der Waals surface area contributed by atoms with Gasteiger partial charge in [0.2, 0.25) is 0 Å². The number of hydrogen-bond donors (Lipinski definition) is 1. The maximum absolute atomic E-state index is 11.2. The van der Waals surface area contributed by atoms with Crippen LogP contribution in [-0.4, -0.2) is 23.8 Å². The molecule has 0 aromatic heterocycles. The molecule has 28 heavy (non-hydrogen) atoms. The number of ether oxygens (including phenoxy) is 1. The molecule has 0 spiro atoms. The Morgan fingerprint density at radius 1 is 0.750 bits per heavy atom. The Labute approximate surface area is 175 Å². The Kier molecular flexibility index (Phi) is 16.8. The number of epoxide rings is 1. The molecule has 1 aliphatic heterocycles. The van der Waals surface area contributed by atoms with Crippen LogP contribution in [-0.2, 0) is 9.53 Å². The van der Waals surface area contributed by atoms with Gasteiger partial charge in [-0.1, -0.05) is 122 Å². The fourth-order valence-electron chi connectivity index (χ4n) is 4.16. The number of aliphatic carboxylic acids is 1. The molecular weight excluding hydrogens is 348 g/mol. The summed E-state index contributed by atoms with van der Waals surface area (Å²) >= 11 is 0. The van der Waals surface area contributed by atoms with Gasteiger partial charge in [-0.15, -0.1) is 0 Å². The molecule has 1 saturated heterocycles. The van der Waals surface area contributed by atoms with Gasteiger partial charge in [0.05, 0.1) is 18.6 Å². The zero-order valence-electron chi connectivity index (χ0n) is 18.8. The highest BCUT2D eigenvalue weighted by Crippen LogP contribution is 2.24. The third-order valence-electron chi connectivity index (χ3n) is 6.21. The Balaban J connectivity index is 1.72. The SMILES string of the molecule is CCCCCCCCCCCCCCCCCCCCC(CC1CO1)C(=O)O. The van der Waals surface area contributed by atoms with Crippen LogP contribution in [0.5, 0.6) is 0 Å². The van der Waals surface area contributed by atoms with Crippen molar-refractivity contribution in [2.24, 2.45) is 5.92 Å². The van der Waals surface area contributed by atoms with Crippen LogP contribution in [0.3, 0.4) is 0 Å². The smallest absolute Gasteiger partial charge is 0.306 e. The molecular formula is C25H48O3. The van der Waals surface area contributed by atoms with Crippen molar-refractivity contribution in [3.05, 3.63) is 0 Å². The summed E-state index contributed by atoms with van der Waals surface area (Å²) < 4.78 is 5.17. The first-order valence-corrected chi connectivity index (χ1v) is 12.6. The lowest BCUT2D eigenvalue weighted by Crippen LogP contribution is -2.15. The number of hydrogen-bond acceptors (Lipinski definition) is 2. The largest absolute Gasteiger partial charge is 0.481 e. The molecule has 0 radical (unpaired) electrons. The molecule has 0 amide bonds. The Morgan fingerprint density at radius 3 is 1.43 bits per heavy atom. The lowest BCUT2D eigenvalue weighted by Gasteiger charge is -2.10. The normalized spacial score (nSPS) is 17.0. The first-order valence-electron chi connectivity index (χ1n) is 12.6. The second-order valence-electron chi connectivity index (χ2n) is 9.03. The molecule has 166 valence electrons. The topological polar surface area (TPSA) is 49.8 Å². The maximum atomic E-state index is 11.2. The molecule has 3 nitrogen and oxygen atoms in total. The summed E-state index contributed by atoms with van der Waals surface area (Å²) in [6, 6.07) is 0. The number of carboxylic acid groups (broad SMARTS) is 1. The van der Waals surface area contributed by atoms with Gasteiger partial charge in [0.1, 0.15) is 0 Å². The highest BCUT2D eigenvalue weighted by molar-refractivity contribution is 5.70. The van der Waals surface area contributed by atoms with E-state index < -0.39 is 5.97 Å². The van der Waals surface area contributed by atoms with Crippen molar-refractivity contribution in [3.8, 4) is 0 Å². The van der Waals surface area contributed by atoms with Crippen molar-refractivity contribution < 1.29 is 14.6 Å². The van der Waals surface area contributed by atoms with Gasteiger partial charge < -0.3 is 9.84 Å². The summed E-state index contributed by atoms with van der Waals surface area (Å²) in [6.45, 7) is 3.05. The van der Waals surface area contributed by atoms with Crippen molar-refractivity contribution in [1.82, 2.24) is 0 Å². The van der Waals surface area contributed by atoms with Crippen molar-refractivity contribution in [2.75, 3.05) is 6.61 Å². The van der Waals surface area contributed by atoms with E-state index in [9.17, 15) is 9.90 Å². The molecule has 0 bridgehead atoms. The van der Waals surface area contributed by atoms with Gasteiger partial charge >= 0.3 is 5.97 Å². The van der Waals surface area contributed by atoms with Crippen LogP contribution in [0.4, 0.5) is 0 Å². The number of carboxylic acids is 1. The van der Waals surface area contributed by atoms with E-state index in [0.717, 1.165) is 19.4 Å². The highest BCUT2D eigenvalue weighted by Gasteiger charge is 2.29. The molecule has 0 aromatic carbocycles. The summed E-state index contributed by atoms with van der Waals surface area (Å²) in [4.78, 5) is 11.2. The molecule has 1 rings (SSSR count). The minimum absolute atomic E-state index is 0.187. The van der Waals surface area contributed by atoms with Crippen LogP contribution in [0.1, 0.15) is 135 Å². The van der Waals surface area contributed by atoms with Gasteiger partial charge in [0.25, 0.3) is 0 Å². The molecule has 1 N–H and O–H groups in total. The first kappa shape index (κ1) is 25.5. The predicted molar refractivity (Wildman–Crippen MR) is 119 cm³/mol. The minimum atomic E-state index is -0.637. The van der Waals surface area contributed by atoms with E-state index in [0.29, 0.717) is 6.42 Å². The quantitative estimate of drug-likeness (QED) is 0.149. The fourth-order valence-corrected chi connectivity index (χ4v) is 4.16. The number of unbranched alkanes of at least 4 members (excludes halogenated alkanes) is 17. The van der Waals surface area contributed by atoms with Crippen LogP contribution >= 0.6 is 0 Å². The van der Waals surface area contributed by atoms with Gasteiger partial charge in [-0.2, -0.15) is 0 Å². The van der Waals surface area contributed by atoms with Crippen molar-refractivity contribution >= 4 is 5.97 Å². The lowest BCUT2D eigenvalue weighted by molar-refractivity contribution is -0.142.